The molecular formula is C13H15BrCl3NO2S. The summed E-state index contributed by atoms with van der Waals surface area (Å²) in [6.07, 6.45) is 3.76. The molecule has 3 nitrogen and oxygen atoms in total. The van der Waals surface area contributed by atoms with E-state index in [1.807, 2.05) is 0 Å². The summed E-state index contributed by atoms with van der Waals surface area (Å²) in [7, 11) is -3.76. The van der Waals surface area contributed by atoms with Crippen LogP contribution in [-0.2, 0) is 10.0 Å². The fourth-order valence-corrected chi connectivity index (χ4v) is 6.52. The van der Waals surface area contributed by atoms with Gasteiger partial charge in [-0.1, -0.05) is 52.0 Å². The number of halogens is 4. The minimum atomic E-state index is -3.76. The third kappa shape index (κ3) is 3.88. The Balaban J connectivity index is 2.48. The predicted octanol–water partition coefficient (Wildman–Crippen LogP) is 4.93. The van der Waals surface area contributed by atoms with E-state index in [0.29, 0.717) is 4.47 Å². The summed E-state index contributed by atoms with van der Waals surface area (Å²) in [6, 6.07) is 3.05. The number of hydrogen-bond acceptors (Lipinski definition) is 2. The monoisotopic (exact) mass is 433 g/mol. The van der Waals surface area contributed by atoms with Crippen LogP contribution in [0.4, 0.5) is 0 Å². The Morgan fingerprint density at radius 1 is 1.19 bits per heavy atom. The quantitative estimate of drug-likeness (QED) is 0.615. The summed E-state index contributed by atoms with van der Waals surface area (Å²) in [6.45, 7) is 0.261. The lowest BCUT2D eigenvalue weighted by Crippen LogP contribution is -2.40. The molecule has 0 bridgehead atoms. The summed E-state index contributed by atoms with van der Waals surface area (Å²) >= 11 is 21.3. The molecule has 1 aromatic rings. The molecule has 2 rings (SSSR count). The summed E-state index contributed by atoms with van der Waals surface area (Å²) in [4.78, 5) is -0.0361. The lowest BCUT2D eigenvalue weighted by Gasteiger charge is -2.28. The Labute approximate surface area is 148 Å². The van der Waals surface area contributed by atoms with E-state index in [1.54, 1.807) is 0 Å². The third-order valence-corrected chi connectivity index (χ3v) is 7.07. The van der Waals surface area contributed by atoms with Crippen LogP contribution in [0.5, 0.6) is 0 Å². The molecule has 0 spiro atoms. The van der Waals surface area contributed by atoms with Crippen LogP contribution in [0.3, 0.4) is 0 Å². The maximum Gasteiger partial charge on any atom is 0.246 e. The van der Waals surface area contributed by atoms with Gasteiger partial charge in [-0.05, 0) is 25.0 Å². The van der Waals surface area contributed by atoms with Crippen LogP contribution in [-0.4, -0.2) is 31.2 Å². The largest absolute Gasteiger partial charge is 0.246 e. The van der Waals surface area contributed by atoms with Crippen molar-refractivity contribution in [1.82, 2.24) is 4.31 Å². The standard InChI is InChI=1S/C13H15BrCl3NO2S/c14-9-7-11(16)13(12(17)8-9)21(19,20)18(6-5-15)10-3-1-2-4-10/h7-8,10H,1-6H2. The molecule has 1 fully saturated rings. The highest BCUT2D eigenvalue weighted by Crippen LogP contribution is 2.37. The van der Waals surface area contributed by atoms with Gasteiger partial charge in [0.05, 0.1) is 10.0 Å². The van der Waals surface area contributed by atoms with E-state index < -0.39 is 10.0 Å². The fourth-order valence-electron chi connectivity index (χ4n) is 2.67. The van der Waals surface area contributed by atoms with Crippen LogP contribution < -0.4 is 0 Å². The van der Waals surface area contributed by atoms with E-state index in [4.69, 9.17) is 34.8 Å². The molecule has 21 heavy (non-hydrogen) atoms. The minimum Gasteiger partial charge on any atom is -0.207 e. The lowest BCUT2D eigenvalue weighted by atomic mass is 10.2. The smallest absolute Gasteiger partial charge is 0.207 e. The van der Waals surface area contributed by atoms with Gasteiger partial charge in [0, 0.05) is 22.9 Å². The molecule has 0 N–H and O–H groups in total. The average molecular weight is 436 g/mol. The molecule has 0 heterocycles. The van der Waals surface area contributed by atoms with E-state index in [9.17, 15) is 8.42 Å². The topological polar surface area (TPSA) is 37.4 Å². The first kappa shape index (κ1) is 17.8. The van der Waals surface area contributed by atoms with Crippen molar-refractivity contribution in [3.05, 3.63) is 26.7 Å². The molecule has 0 saturated heterocycles. The van der Waals surface area contributed by atoms with Crippen molar-refractivity contribution in [1.29, 1.82) is 0 Å². The zero-order valence-corrected chi connectivity index (χ0v) is 15.8. The second kappa shape index (κ2) is 7.37. The highest BCUT2D eigenvalue weighted by molar-refractivity contribution is 9.10. The normalized spacial score (nSPS) is 16.8. The zero-order chi connectivity index (χ0) is 15.6. The number of rotatable bonds is 5. The van der Waals surface area contributed by atoms with E-state index in [2.05, 4.69) is 15.9 Å². The number of benzene rings is 1. The van der Waals surface area contributed by atoms with E-state index in [-0.39, 0.29) is 33.4 Å². The molecule has 0 radical (unpaired) electrons. The van der Waals surface area contributed by atoms with Gasteiger partial charge in [-0.3, -0.25) is 0 Å². The van der Waals surface area contributed by atoms with E-state index in [1.165, 1.54) is 16.4 Å². The molecule has 1 saturated carbocycles. The van der Waals surface area contributed by atoms with Gasteiger partial charge in [0.25, 0.3) is 0 Å². The van der Waals surface area contributed by atoms with Crippen LogP contribution in [0.25, 0.3) is 0 Å². The van der Waals surface area contributed by atoms with E-state index in [0.717, 1.165) is 25.7 Å². The summed E-state index contributed by atoms with van der Waals surface area (Å²) in [5.41, 5.74) is 0. The first-order chi connectivity index (χ1) is 9.87. The molecular weight excluding hydrogens is 420 g/mol. The Bertz CT molecular complexity index is 595. The Morgan fingerprint density at radius 2 is 1.71 bits per heavy atom. The van der Waals surface area contributed by atoms with Crippen molar-refractivity contribution < 1.29 is 8.42 Å². The van der Waals surface area contributed by atoms with Crippen molar-refractivity contribution in [2.45, 2.75) is 36.6 Å². The molecule has 118 valence electrons. The predicted molar refractivity (Wildman–Crippen MR) is 91.0 cm³/mol. The molecule has 1 aromatic carbocycles. The van der Waals surface area contributed by atoms with Gasteiger partial charge in [-0.25, -0.2) is 8.42 Å². The molecule has 0 atom stereocenters. The maximum atomic E-state index is 12.9. The highest BCUT2D eigenvalue weighted by Gasteiger charge is 2.35. The average Bonchev–Trinajstić information content (AvgIpc) is 2.87. The zero-order valence-electron chi connectivity index (χ0n) is 11.2. The van der Waals surface area contributed by atoms with Gasteiger partial charge in [0.1, 0.15) is 4.90 Å². The van der Waals surface area contributed by atoms with Gasteiger partial charge in [0.2, 0.25) is 10.0 Å². The lowest BCUT2D eigenvalue weighted by molar-refractivity contribution is 0.337. The Kier molecular flexibility index (Phi) is 6.25. The SMILES string of the molecule is O=S(=O)(c1c(Cl)cc(Br)cc1Cl)N(CCCl)C1CCCC1. The van der Waals surface area contributed by atoms with Crippen molar-refractivity contribution in [3.8, 4) is 0 Å². The van der Waals surface area contributed by atoms with Gasteiger partial charge >= 0.3 is 0 Å². The number of nitrogens with zero attached hydrogens (tertiary/aromatic N) is 1. The fraction of sp³-hybridized carbons (Fsp3) is 0.538. The van der Waals surface area contributed by atoms with Crippen LogP contribution in [0, 0.1) is 0 Å². The summed E-state index contributed by atoms with van der Waals surface area (Å²) < 4.78 is 28.0. The summed E-state index contributed by atoms with van der Waals surface area (Å²) in [5.74, 6) is 0.238. The highest BCUT2D eigenvalue weighted by atomic mass is 79.9. The van der Waals surface area contributed by atoms with Crippen LogP contribution >= 0.6 is 50.7 Å². The van der Waals surface area contributed by atoms with Crippen LogP contribution in [0.2, 0.25) is 10.0 Å². The third-order valence-electron chi connectivity index (χ3n) is 3.57. The minimum absolute atomic E-state index is 0.0236. The van der Waals surface area contributed by atoms with Crippen molar-refractivity contribution in [2.24, 2.45) is 0 Å². The van der Waals surface area contributed by atoms with Crippen molar-refractivity contribution in [2.75, 3.05) is 12.4 Å². The molecule has 0 aromatic heterocycles. The van der Waals surface area contributed by atoms with Gasteiger partial charge in [-0.15, -0.1) is 11.6 Å². The molecule has 1 aliphatic carbocycles. The molecule has 1 aliphatic rings. The van der Waals surface area contributed by atoms with Gasteiger partial charge in [-0.2, -0.15) is 4.31 Å². The first-order valence-electron chi connectivity index (χ1n) is 6.60. The second-order valence-electron chi connectivity index (χ2n) is 4.94. The van der Waals surface area contributed by atoms with E-state index >= 15 is 0 Å². The number of alkyl halides is 1. The molecule has 0 unspecified atom stereocenters. The Hall–Kier alpha value is 0.480. The molecule has 0 aliphatic heterocycles. The molecule has 0 amide bonds. The number of sulfonamides is 1. The molecule has 8 heteroatoms. The second-order valence-corrected chi connectivity index (χ2v) is 8.88. The van der Waals surface area contributed by atoms with Crippen molar-refractivity contribution >= 4 is 60.8 Å². The van der Waals surface area contributed by atoms with Crippen LogP contribution in [0.15, 0.2) is 21.5 Å². The van der Waals surface area contributed by atoms with Crippen molar-refractivity contribution in [3.63, 3.8) is 0 Å². The Morgan fingerprint density at radius 3 is 2.19 bits per heavy atom. The summed E-state index contributed by atoms with van der Waals surface area (Å²) in [5, 5.41) is 0.235. The van der Waals surface area contributed by atoms with Gasteiger partial charge < -0.3 is 0 Å². The number of hydrogen-bond donors (Lipinski definition) is 0. The maximum absolute atomic E-state index is 12.9. The van der Waals surface area contributed by atoms with Crippen LogP contribution in [0.1, 0.15) is 25.7 Å². The van der Waals surface area contributed by atoms with Gasteiger partial charge in [0.15, 0.2) is 0 Å². The first-order valence-corrected chi connectivity index (χ1v) is 10.1.